The molecule has 1 unspecified atom stereocenters. The number of carbonyl (C=O) groups is 3. The Morgan fingerprint density at radius 2 is 1.54 bits per heavy atom. The van der Waals surface area contributed by atoms with Gasteiger partial charge in [-0.1, -0.05) is 24.3 Å². The zero-order chi connectivity index (χ0) is 19.0. The van der Waals surface area contributed by atoms with E-state index in [-0.39, 0.29) is 29.7 Å². The van der Waals surface area contributed by atoms with Crippen LogP contribution in [0.2, 0.25) is 0 Å². The molecule has 26 heavy (non-hydrogen) atoms. The Labute approximate surface area is 155 Å². The molecule has 138 valence electrons. The van der Waals surface area contributed by atoms with Crippen molar-refractivity contribution in [3.8, 4) is 0 Å². The summed E-state index contributed by atoms with van der Waals surface area (Å²) in [5, 5.41) is 0. The van der Waals surface area contributed by atoms with Gasteiger partial charge in [-0.3, -0.25) is 19.3 Å². The average Bonchev–Trinajstić information content (AvgIpc) is 2.58. The fourth-order valence-electron chi connectivity index (χ4n) is 4.36. The van der Waals surface area contributed by atoms with Crippen molar-refractivity contribution in [2.75, 3.05) is 6.54 Å². The maximum absolute atomic E-state index is 13.1. The summed E-state index contributed by atoms with van der Waals surface area (Å²) >= 11 is 0. The maximum atomic E-state index is 13.1. The van der Waals surface area contributed by atoms with Crippen LogP contribution in [0.25, 0.3) is 0 Å². The average molecular weight is 353 g/mol. The molecule has 0 bridgehead atoms. The van der Waals surface area contributed by atoms with E-state index >= 15 is 0 Å². The second kappa shape index (κ2) is 7.28. The van der Waals surface area contributed by atoms with E-state index in [0.717, 1.165) is 13.0 Å². The van der Waals surface area contributed by atoms with Gasteiger partial charge in [-0.05, 0) is 46.6 Å². The Kier molecular flexibility index (Phi) is 5.24. The number of Topliss-reactive ketones (excluding diaryl/α,β-unsaturated/α-hetero) is 3. The molecule has 3 rings (SSSR count). The molecule has 4 heteroatoms. The molecule has 0 aromatic heterocycles. The normalized spacial score (nSPS) is 20.3. The van der Waals surface area contributed by atoms with Crippen LogP contribution in [0, 0.1) is 5.92 Å². The van der Waals surface area contributed by atoms with Crippen LogP contribution >= 0.6 is 0 Å². The van der Waals surface area contributed by atoms with Crippen molar-refractivity contribution in [2.45, 2.75) is 59.0 Å². The minimum Gasteiger partial charge on any atom is -0.299 e. The quantitative estimate of drug-likeness (QED) is 0.807. The van der Waals surface area contributed by atoms with Crippen molar-refractivity contribution in [3.05, 3.63) is 46.5 Å². The van der Waals surface area contributed by atoms with Crippen LogP contribution in [0.15, 0.2) is 35.4 Å². The maximum Gasteiger partial charge on any atom is 0.190 e. The summed E-state index contributed by atoms with van der Waals surface area (Å²) < 4.78 is 0. The van der Waals surface area contributed by atoms with Crippen LogP contribution in [0.3, 0.4) is 0 Å². The van der Waals surface area contributed by atoms with Crippen molar-refractivity contribution in [1.29, 1.82) is 0 Å². The topological polar surface area (TPSA) is 54.5 Å². The first-order valence-corrected chi connectivity index (χ1v) is 9.50. The van der Waals surface area contributed by atoms with Gasteiger partial charge >= 0.3 is 0 Å². The van der Waals surface area contributed by atoms with Gasteiger partial charge < -0.3 is 0 Å². The summed E-state index contributed by atoms with van der Waals surface area (Å²) in [5.41, 5.74) is 1.97. The number of nitrogens with zero attached hydrogens (tertiary/aromatic N) is 1. The smallest absolute Gasteiger partial charge is 0.190 e. The summed E-state index contributed by atoms with van der Waals surface area (Å²) in [6.07, 6.45) is 1.19. The minimum absolute atomic E-state index is 0.0617. The Bertz CT molecular complexity index is 780. The predicted octanol–water partition coefficient (Wildman–Crippen LogP) is 3.85. The van der Waals surface area contributed by atoms with Gasteiger partial charge in [-0.15, -0.1) is 0 Å². The van der Waals surface area contributed by atoms with E-state index in [1.807, 2.05) is 0 Å². The number of fused-ring (bicyclic) bond motifs is 1. The summed E-state index contributed by atoms with van der Waals surface area (Å²) in [6, 6.07) is 7.76. The SMILES string of the molecule is CC(C)N(CCC1CC(=O)CC2=C1C(=O)c1ccccc1C2=O)C(C)C. The number of benzene rings is 1. The molecule has 0 aliphatic heterocycles. The fourth-order valence-corrected chi connectivity index (χ4v) is 4.36. The van der Waals surface area contributed by atoms with E-state index in [1.165, 1.54) is 0 Å². The molecule has 1 aromatic carbocycles. The number of carbonyl (C=O) groups excluding carboxylic acids is 3. The third kappa shape index (κ3) is 3.30. The fraction of sp³-hybridized carbons (Fsp3) is 0.500. The lowest BCUT2D eigenvalue weighted by molar-refractivity contribution is -0.119. The van der Waals surface area contributed by atoms with E-state index in [0.29, 0.717) is 40.8 Å². The van der Waals surface area contributed by atoms with Crippen molar-refractivity contribution in [2.24, 2.45) is 5.92 Å². The van der Waals surface area contributed by atoms with E-state index in [1.54, 1.807) is 24.3 Å². The summed E-state index contributed by atoms with van der Waals surface area (Å²) in [5.74, 6) is -0.294. The molecular weight excluding hydrogens is 326 g/mol. The van der Waals surface area contributed by atoms with Crippen LogP contribution in [0.5, 0.6) is 0 Å². The van der Waals surface area contributed by atoms with E-state index in [4.69, 9.17) is 0 Å². The van der Waals surface area contributed by atoms with Gasteiger partial charge in [0.25, 0.3) is 0 Å². The Morgan fingerprint density at radius 3 is 2.12 bits per heavy atom. The number of ketones is 3. The molecule has 0 N–H and O–H groups in total. The first-order chi connectivity index (χ1) is 12.3. The molecule has 2 aliphatic rings. The lowest BCUT2D eigenvalue weighted by atomic mass is 9.71. The highest BCUT2D eigenvalue weighted by atomic mass is 16.1. The predicted molar refractivity (Wildman–Crippen MR) is 101 cm³/mol. The Balaban J connectivity index is 1.93. The summed E-state index contributed by atoms with van der Waals surface area (Å²) in [7, 11) is 0. The molecule has 0 fully saturated rings. The van der Waals surface area contributed by atoms with Gasteiger partial charge in [-0.25, -0.2) is 0 Å². The standard InChI is InChI=1S/C22H27NO3/c1-13(2)23(14(3)4)10-9-15-11-16(24)12-19-20(15)22(26)18-8-6-5-7-17(18)21(19)25/h5-8,13-15H,9-12H2,1-4H3. The highest BCUT2D eigenvalue weighted by molar-refractivity contribution is 6.28. The van der Waals surface area contributed by atoms with E-state index < -0.39 is 0 Å². The number of allylic oxidation sites excluding steroid dienone is 2. The lowest BCUT2D eigenvalue weighted by Gasteiger charge is -2.34. The Morgan fingerprint density at radius 1 is 0.962 bits per heavy atom. The van der Waals surface area contributed by atoms with Gasteiger partial charge in [-0.2, -0.15) is 0 Å². The first kappa shape index (κ1) is 18.7. The van der Waals surface area contributed by atoms with Crippen molar-refractivity contribution >= 4 is 17.3 Å². The molecule has 1 atom stereocenters. The van der Waals surface area contributed by atoms with Crippen LogP contribution in [0.4, 0.5) is 0 Å². The number of hydrogen-bond donors (Lipinski definition) is 0. The van der Waals surface area contributed by atoms with Crippen LogP contribution in [0.1, 0.15) is 67.7 Å². The van der Waals surface area contributed by atoms with Gasteiger partial charge in [0.05, 0.1) is 0 Å². The molecule has 0 saturated heterocycles. The van der Waals surface area contributed by atoms with Gasteiger partial charge in [0.2, 0.25) is 0 Å². The van der Waals surface area contributed by atoms with Gasteiger partial charge in [0.15, 0.2) is 11.6 Å². The van der Waals surface area contributed by atoms with Gasteiger partial charge in [0, 0.05) is 47.2 Å². The van der Waals surface area contributed by atoms with Crippen molar-refractivity contribution in [1.82, 2.24) is 4.90 Å². The third-order valence-electron chi connectivity index (χ3n) is 5.58. The summed E-state index contributed by atoms with van der Waals surface area (Å²) in [4.78, 5) is 40.6. The molecule has 0 spiro atoms. The second-order valence-corrected chi connectivity index (χ2v) is 7.93. The zero-order valence-corrected chi connectivity index (χ0v) is 16.0. The molecule has 4 nitrogen and oxygen atoms in total. The zero-order valence-electron chi connectivity index (χ0n) is 16.0. The molecular formula is C22H27NO3. The largest absolute Gasteiger partial charge is 0.299 e. The van der Waals surface area contributed by atoms with E-state index in [9.17, 15) is 14.4 Å². The lowest BCUT2D eigenvalue weighted by Crippen LogP contribution is -2.40. The van der Waals surface area contributed by atoms with Crippen molar-refractivity contribution in [3.63, 3.8) is 0 Å². The number of rotatable bonds is 5. The molecule has 0 heterocycles. The highest BCUT2D eigenvalue weighted by Gasteiger charge is 2.40. The van der Waals surface area contributed by atoms with Crippen molar-refractivity contribution < 1.29 is 14.4 Å². The molecule has 1 aromatic rings. The Hall–Kier alpha value is -2.07. The van der Waals surface area contributed by atoms with Crippen LogP contribution in [-0.2, 0) is 4.79 Å². The van der Waals surface area contributed by atoms with Crippen LogP contribution in [-0.4, -0.2) is 40.9 Å². The van der Waals surface area contributed by atoms with Gasteiger partial charge in [0.1, 0.15) is 5.78 Å². The van der Waals surface area contributed by atoms with Crippen LogP contribution < -0.4 is 0 Å². The molecule has 0 saturated carbocycles. The van der Waals surface area contributed by atoms with E-state index in [2.05, 4.69) is 32.6 Å². The second-order valence-electron chi connectivity index (χ2n) is 7.93. The minimum atomic E-state index is -0.156. The molecule has 0 amide bonds. The number of hydrogen-bond acceptors (Lipinski definition) is 4. The highest BCUT2D eigenvalue weighted by Crippen LogP contribution is 2.39. The molecule has 0 radical (unpaired) electrons. The third-order valence-corrected chi connectivity index (χ3v) is 5.58. The summed E-state index contributed by atoms with van der Waals surface area (Å²) in [6.45, 7) is 9.43. The monoisotopic (exact) mass is 353 g/mol. The first-order valence-electron chi connectivity index (χ1n) is 9.50. The molecule has 2 aliphatic carbocycles.